The van der Waals surface area contributed by atoms with Crippen LogP contribution >= 0.6 is 0 Å². The minimum atomic E-state index is -3.27. The Balaban J connectivity index is 2.74. The molecule has 0 aliphatic carbocycles. The van der Waals surface area contributed by atoms with E-state index in [-0.39, 0.29) is 5.41 Å². The third-order valence-corrected chi connectivity index (χ3v) is 4.31. The first-order valence-electron chi connectivity index (χ1n) is 5.51. The summed E-state index contributed by atoms with van der Waals surface area (Å²) in [7, 11) is -3.27. The number of nitrogens with two attached hydrogens (primary N) is 1. The quantitative estimate of drug-likeness (QED) is 0.775. The molecule has 0 saturated carbocycles. The van der Waals surface area contributed by atoms with Gasteiger partial charge in [0.25, 0.3) is 0 Å². The fourth-order valence-electron chi connectivity index (χ4n) is 2.41. The number of hydrogen-bond acceptors (Lipinski definition) is 3. The zero-order chi connectivity index (χ0) is 13.0. The van der Waals surface area contributed by atoms with Gasteiger partial charge in [-0.2, -0.15) is 0 Å². The monoisotopic (exact) mass is 254 g/mol. The molecular weight excluding hydrogens is 236 g/mol. The van der Waals surface area contributed by atoms with Crippen LogP contribution in [0.5, 0.6) is 0 Å². The lowest BCUT2D eigenvalue weighted by Crippen LogP contribution is -2.33. The zero-order valence-electron chi connectivity index (χ0n) is 10.6. The summed E-state index contributed by atoms with van der Waals surface area (Å²) in [6.07, 6.45) is 1.22. The van der Waals surface area contributed by atoms with Crippen molar-refractivity contribution in [2.75, 3.05) is 22.8 Å². The smallest absolute Gasteiger partial charge is 0.232 e. The van der Waals surface area contributed by atoms with E-state index in [4.69, 9.17) is 5.73 Å². The van der Waals surface area contributed by atoms with Crippen LogP contribution in [0.2, 0.25) is 0 Å². The van der Waals surface area contributed by atoms with Crippen molar-refractivity contribution < 1.29 is 8.42 Å². The van der Waals surface area contributed by atoms with Crippen LogP contribution in [0.1, 0.15) is 25.0 Å². The van der Waals surface area contributed by atoms with Gasteiger partial charge in [0.2, 0.25) is 10.0 Å². The molecule has 0 atom stereocenters. The fourth-order valence-corrected chi connectivity index (χ4v) is 3.50. The van der Waals surface area contributed by atoms with Crippen molar-refractivity contribution in [1.29, 1.82) is 0 Å². The van der Waals surface area contributed by atoms with Crippen LogP contribution in [-0.4, -0.2) is 21.2 Å². The summed E-state index contributed by atoms with van der Waals surface area (Å²) in [6.45, 7) is 6.50. The third kappa shape index (κ3) is 1.88. The molecule has 2 N–H and O–H groups in total. The Morgan fingerprint density at radius 1 is 1.35 bits per heavy atom. The maximum Gasteiger partial charge on any atom is 0.232 e. The summed E-state index contributed by atoms with van der Waals surface area (Å²) in [4.78, 5) is 0. The molecule has 0 radical (unpaired) electrons. The van der Waals surface area contributed by atoms with Crippen molar-refractivity contribution in [3.05, 3.63) is 23.3 Å². The number of nitrogen functional groups attached to an aromatic ring is 1. The van der Waals surface area contributed by atoms with Crippen LogP contribution in [0, 0.1) is 6.92 Å². The van der Waals surface area contributed by atoms with Gasteiger partial charge in [0.15, 0.2) is 0 Å². The summed E-state index contributed by atoms with van der Waals surface area (Å²) in [6, 6.07) is 3.84. The number of rotatable bonds is 1. The predicted octanol–water partition coefficient (Wildman–Crippen LogP) is 1.63. The van der Waals surface area contributed by atoms with Crippen molar-refractivity contribution in [3.8, 4) is 0 Å². The lowest BCUT2D eigenvalue weighted by atomic mass is 9.86. The molecule has 0 amide bonds. The van der Waals surface area contributed by atoms with Crippen molar-refractivity contribution in [1.82, 2.24) is 0 Å². The maximum absolute atomic E-state index is 11.8. The number of benzene rings is 1. The lowest BCUT2D eigenvalue weighted by molar-refractivity contribution is 0.557. The fraction of sp³-hybridized carbons (Fsp3) is 0.500. The third-order valence-electron chi connectivity index (χ3n) is 3.20. The Labute approximate surface area is 102 Å². The Morgan fingerprint density at radius 2 is 1.94 bits per heavy atom. The zero-order valence-corrected chi connectivity index (χ0v) is 11.4. The molecule has 4 nitrogen and oxygen atoms in total. The Morgan fingerprint density at radius 3 is 2.47 bits per heavy atom. The van der Waals surface area contributed by atoms with Gasteiger partial charge >= 0.3 is 0 Å². The highest BCUT2D eigenvalue weighted by atomic mass is 32.2. The van der Waals surface area contributed by atoms with Crippen LogP contribution in [-0.2, 0) is 15.4 Å². The van der Waals surface area contributed by atoms with Crippen LogP contribution in [0.15, 0.2) is 12.1 Å². The number of anilines is 2. The highest BCUT2D eigenvalue weighted by molar-refractivity contribution is 7.92. The molecule has 5 heteroatoms. The van der Waals surface area contributed by atoms with Crippen LogP contribution in [0.25, 0.3) is 0 Å². The van der Waals surface area contributed by atoms with Crippen molar-refractivity contribution in [3.63, 3.8) is 0 Å². The second kappa shape index (κ2) is 3.38. The second-order valence-electron chi connectivity index (χ2n) is 5.40. The molecule has 1 aliphatic heterocycles. The van der Waals surface area contributed by atoms with Gasteiger partial charge < -0.3 is 5.73 Å². The Hall–Kier alpha value is -1.23. The molecule has 0 fully saturated rings. The molecule has 1 heterocycles. The minimum absolute atomic E-state index is 0.196. The first-order valence-corrected chi connectivity index (χ1v) is 7.36. The average molecular weight is 254 g/mol. The van der Waals surface area contributed by atoms with Gasteiger partial charge in [0.05, 0.1) is 17.6 Å². The van der Waals surface area contributed by atoms with E-state index in [0.29, 0.717) is 17.9 Å². The number of aryl methyl sites for hydroxylation is 1. The molecule has 1 aromatic carbocycles. The summed E-state index contributed by atoms with van der Waals surface area (Å²) in [5, 5.41) is 0. The molecule has 1 aliphatic rings. The molecule has 0 spiro atoms. The Bertz CT molecular complexity index is 576. The van der Waals surface area contributed by atoms with Crippen LogP contribution in [0.3, 0.4) is 0 Å². The molecule has 0 unspecified atom stereocenters. The molecule has 17 heavy (non-hydrogen) atoms. The van der Waals surface area contributed by atoms with E-state index < -0.39 is 10.0 Å². The van der Waals surface area contributed by atoms with E-state index in [1.54, 1.807) is 0 Å². The summed E-state index contributed by atoms with van der Waals surface area (Å²) in [5.41, 5.74) is 9.05. The van der Waals surface area contributed by atoms with Gasteiger partial charge in [-0.25, -0.2) is 8.42 Å². The van der Waals surface area contributed by atoms with E-state index in [9.17, 15) is 8.42 Å². The lowest BCUT2D eigenvalue weighted by Gasteiger charge is -2.20. The highest BCUT2D eigenvalue weighted by Crippen LogP contribution is 2.45. The Kier molecular flexibility index (Phi) is 2.43. The van der Waals surface area contributed by atoms with E-state index in [1.807, 2.05) is 32.9 Å². The topological polar surface area (TPSA) is 63.4 Å². The number of hydrogen-bond donors (Lipinski definition) is 1. The number of fused-ring (bicyclic) bond motifs is 1. The number of sulfonamides is 1. The normalized spacial score (nSPS) is 18.2. The summed E-state index contributed by atoms with van der Waals surface area (Å²) < 4.78 is 25.0. The van der Waals surface area contributed by atoms with E-state index >= 15 is 0 Å². The standard InChI is InChI=1S/C12H18N2O2S/c1-8-5-9-11(10(13)6-8)14(17(4,15)16)7-12(9,2)3/h5-6H,7,13H2,1-4H3. The average Bonchev–Trinajstić information content (AvgIpc) is 2.38. The molecule has 2 rings (SSSR count). The van der Waals surface area contributed by atoms with Gasteiger partial charge in [-0.05, 0) is 24.1 Å². The van der Waals surface area contributed by atoms with E-state index in [1.165, 1.54) is 10.6 Å². The second-order valence-corrected chi connectivity index (χ2v) is 7.31. The molecule has 94 valence electrons. The number of nitrogens with zero attached hydrogens (tertiary/aromatic N) is 1. The predicted molar refractivity (Wildman–Crippen MR) is 70.8 cm³/mol. The van der Waals surface area contributed by atoms with E-state index in [0.717, 1.165) is 11.1 Å². The molecule has 0 bridgehead atoms. The van der Waals surface area contributed by atoms with Crippen molar-refractivity contribution in [2.45, 2.75) is 26.2 Å². The molecule has 0 aromatic heterocycles. The van der Waals surface area contributed by atoms with Crippen LogP contribution in [0.4, 0.5) is 11.4 Å². The largest absolute Gasteiger partial charge is 0.397 e. The first-order chi connectivity index (χ1) is 7.63. The van der Waals surface area contributed by atoms with Gasteiger partial charge in [0, 0.05) is 12.0 Å². The van der Waals surface area contributed by atoms with Gasteiger partial charge in [0.1, 0.15) is 0 Å². The van der Waals surface area contributed by atoms with Crippen molar-refractivity contribution in [2.24, 2.45) is 0 Å². The van der Waals surface area contributed by atoms with Crippen LogP contribution < -0.4 is 10.0 Å². The first kappa shape index (κ1) is 12.2. The molecular formula is C12H18N2O2S. The highest BCUT2D eigenvalue weighted by Gasteiger charge is 2.40. The summed E-state index contributed by atoms with van der Waals surface area (Å²) >= 11 is 0. The maximum atomic E-state index is 11.8. The molecule has 1 aromatic rings. The SMILES string of the molecule is Cc1cc(N)c2c(c1)C(C)(C)CN2S(C)(=O)=O. The summed E-state index contributed by atoms with van der Waals surface area (Å²) in [5.74, 6) is 0. The van der Waals surface area contributed by atoms with Gasteiger partial charge in [-0.3, -0.25) is 4.31 Å². The molecule has 0 saturated heterocycles. The van der Waals surface area contributed by atoms with Crippen molar-refractivity contribution >= 4 is 21.4 Å². The van der Waals surface area contributed by atoms with E-state index in [2.05, 4.69) is 0 Å². The minimum Gasteiger partial charge on any atom is -0.397 e. The van der Waals surface area contributed by atoms with Gasteiger partial charge in [-0.15, -0.1) is 0 Å². The van der Waals surface area contributed by atoms with Gasteiger partial charge in [-0.1, -0.05) is 19.9 Å².